The topological polar surface area (TPSA) is 55.4 Å². The maximum atomic E-state index is 12.9. The van der Waals surface area contributed by atoms with Gasteiger partial charge in [0.2, 0.25) is 0 Å². The Balaban J connectivity index is 1.37. The van der Waals surface area contributed by atoms with Crippen molar-refractivity contribution in [2.45, 2.75) is 49.8 Å². The number of hydrogen-bond donors (Lipinski definition) is 1. The normalized spacial score (nSPS) is 34.6. The van der Waals surface area contributed by atoms with Crippen molar-refractivity contribution in [1.29, 1.82) is 0 Å². The first-order chi connectivity index (χ1) is 12.3. The number of amides is 1. The molecule has 4 saturated carbocycles. The maximum Gasteiger partial charge on any atom is 0.312 e. The van der Waals surface area contributed by atoms with Crippen LogP contribution >= 0.6 is 38.5 Å². The minimum atomic E-state index is -0.382. The maximum absolute atomic E-state index is 12.9. The van der Waals surface area contributed by atoms with Crippen molar-refractivity contribution >= 4 is 56.1 Å². The molecule has 4 aliphatic rings. The fourth-order valence-electron chi connectivity index (χ4n) is 5.63. The van der Waals surface area contributed by atoms with E-state index >= 15 is 0 Å². The minimum absolute atomic E-state index is 0.108. The van der Waals surface area contributed by atoms with E-state index in [2.05, 4.69) is 43.8 Å². The number of aryl methyl sites for hydroxylation is 1. The zero-order valence-corrected chi connectivity index (χ0v) is 18.6. The molecular weight excluding hydrogens is 509 g/mol. The molecule has 4 bridgehead atoms. The first-order valence-electron chi connectivity index (χ1n) is 9.19. The van der Waals surface area contributed by atoms with E-state index in [-0.39, 0.29) is 28.2 Å². The molecule has 4 nitrogen and oxygen atoms in total. The third-order valence-electron chi connectivity index (χ3n) is 6.22. The van der Waals surface area contributed by atoms with E-state index in [9.17, 15) is 9.59 Å². The van der Waals surface area contributed by atoms with Crippen LogP contribution in [0.2, 0.25) is 0 Å². The van der Waals surface area contributed by atoms with Crippen LogP contribution in [-0.4, -0.2) is 22.8 Å². The van der Waals surface area contributed by atoms with Crippen LogP contribution in [0.1, 0.15) is 44.1 Å². The molecule has 0 unspecified atom stereocenters. The van der Waals surface area contributed by atoms with Gasteiger partial charge in [-0.25, -0.2) is 0 Å². The van der Waals surface area contributed by atoms with Gasteiger partial charge in [-0.15, -0.1) is 0 Å². The number of rotatable bonds is 4. The number of alkyl halides is 1. The van der Waals surface area contributed by atoms with Crippen molar-refractivity contribution in [1.82, 2.24) is 0 Å². The molecule has 0 aliphatic heterocycles. The molecule has 2 atom stereocenters. The summed E-state index contributed by atoms with van der Waals surface area (Å²) < 4.78 is 6.72. The van der Waals surface area contributed by atoms with Gasteiger partial charge in [-0.2, -0.15) is 0 Å². The molecule has 5 rings (SSSR count). The molecule has 0 saturated heterocycles. The van der Waals surface area contributed by atoms with Gasteiger partial charge in [-0.3, -0.25) is 9.59 Å². The van der Waals surface area contributed by atoms with E-state index < -0.39 is 0 Å². The summed E-state index contributed by atoms with van der Waals surface area (Å²) in [7, 11) is 0. The lowest BCUT2D eigenvalue weighted by atomic mass is 9.49. The number of benzene rings is 1. The highest BCUT2D eigenvalue weighted by atomic mass is 127. The van der Waals surface area contributed by atoms with Crippen molar-refractivity contribution in [2.24, 2.45) is 17.3 Å². The minimum Gasteiger partial charge on any atom is -0.455 e. The van der Waals surface area contributed by atoms with Crippen LogP contribution in [0.3, 0.4) is 0 Å². The van der Waals surface area contributed by atoms with Gasteiger partial charge in [0.25, 0.3) is 5.91 Å². The summed E-state index contributed by atoms with van der Waals surface area (Å²) in [6, 6.07) is 5.83. The number of hydrogen-bond acceptors (Lipinski definition) is 3. The molecule has 0 radical (unpaired) electrons. The van der Waals surface area contributed by atoms with Crippen molar-refractivity contribution in [3.63, 3.8) is 0 Å². The summed E-state index contributed by atoms with van der Waals surface area (Å²) in [6.45, 7) is 1.74. The molecule has 140 valence electrons. The predicted octanol–water partition coefficient (Wildman–Crippen LogP) is 4.82. The third-order valence-corrected chi connectivity index (χ3v) is 7.82. The Hall–Kier alpha value is -0.630. The van der Waals surface area contributed by atoms with Crippen LogP contribution in [0.5, 0.6) is 0 Å². The van der Waals surface area contributed by atoms with Crippen LogP contribution in [-0.2, 0) is 14.3 Å². The van der Waals surface area contributed by atoms with Crippen LogP contribution in [0, 0.1) is 27.7 Å². The standard InChI is InChI=1S/C20H23BrINO3/c1-12-4-15(22)2-3-16(12)23-17(24)10-26-18(25)19-6-13-5-14(7-19)9-20(21,8-13)11-19/h2-4,13-14H,5-11H2,1H3,(H,23,24)/t13-,14-,19?,20?/m0/s1. The first kappa shape index (κ1) is 18.7. The van der Waals surface area contributed by atoms with Gasteiger partial charge in [-0.1, -0.05) is 15.9 Å². The molecule has 1 aromatic carbocycles. The Labute approximate surface area is 176 Å². The second-order valence-electron chi connectivity index (χ2n) is 8.48. The number of halogens is 2. The number of esters is 1. The first-order valence-corrected chi connectivity index (χ1v) is 11.1. The molecule has 26 heavy (non-hydrogen) atoms. The largest absolute Gasteiger partial charge is 0.455 e. The van der Waals surface area contributed by atoms with Gasteiger partial charge >= 0.3 is 5.97 Å². The number of carbonyl (C=O) groups excluding carboxylic acids is 2. The molecule has 1 aromatic rings. The summed E-state index contributed by atoms with van der Waals surface area (Å²) in [5, 5.41) is 2.85. The number of carbonyl (C=O) groups is 2. The zero-order chi connectivity index (χ0) is 18.5. The monoisotopic (exact) mass is 531 g/mol. The fourth-order valence-corrected chi connectivity index (χ4v) is 7.73. The van der Waals surface area contributed by atoms with Crippen molar-refractivity contribution < 1.29 is 14.3 Å². The highest BCUT2D eigenvalue weighted by Gasteiger charge is 2.60. The number of nitrogens with one attached hydrogen (secondary N) is 1. The number of anilines is 1. The van der Waals surface area contributed by atoms with Crippen molar-refractivity contribution in [3.05, 3.63) is 27.3 Å². The average Bonchev–Trinajstić information content (AvgIpc) is 2.53. The van der Waals surface area contributed by atoms with E-state index in [0.29, 0.717) is 11.8 Å². The Morgan fingerprint density at radius 1 is 1.27 bits per heavy atom. The van der Waals surface area contributed by atoms with Crippen LogP contribution < -0.4 is 5.32 Å². The third kappa shape index (κ3) is 3.55. The second kappa shape index (κ2) is 6.76. The van der Waals surface area contributed by atoms with Crippen molar-refractivity contribution in [3.8, 4) is 0 Å². The lowest BCUT2D eigenvalue weighted by Crippen LogP contribution is -2.56. The fraction of sp³-hybridized carbons (Fsp3) is 0.600. The van der Waals surface area contributed by atoms with Crippen LogP contribution in [0.15, 0.2) is 18.2 Å². The van der Waals surface area contributed by atoms with Crippen molar-refractivity contribution in [2.75, 3.05) is 11.9 Å². The second-order valence-corrected chi connectivity index (χ2v) is 11.4. The van der Waals surface area contributed by atoms with Gasteiger partial charge in [0, 0.05) is 13.6 Å². The van der Waals surface area contributed by atoms with E-state index in [1.54, 1.807) is 0 Å². The van der Waals surface area contributed by atoms with Gasteiger partial charge < -0.3 is 10.1 Å². The van der Waals surface area contributed by atoms with E-state index in [0.717, 1.165) is 34.1 Å². The Kier molecular flexibility index (Phi) is 4.87. The smallest absolute Gasteiger partial charge is 0.312 e. The summed E-state index contributed by atoms with van der Waals surface area (Å²) in [5.41, 5.74) is 1.38. The Morgan fingerprint density at radius 2 is 1.96 bits per heavy atom. The summed E-state index contributed by atoms with van der Waals surface area (Å²) >= 11 is 6.15. The summed E-state index contributed by atoms with van der Waals surface area (Å²) in [5.74, 6) is 0.781. The summed E-state index contributed by atoms with van der Waals surface area (Å²) in [6.07, 6.45) is 6.29. The molecule has 0 spiro atoms. The molecule has 6 heteroatoms. The average molecular weight is 532 g/mol. The van der Waals surface area contributed by atoms with Gasteiger partial charge in [0.05, 0.1) is 5.41 Å². The molecule has 0 heterocycles. The molecular formula is C20H23BrINO3. The summed E-state index contributed by atoms with van der Waals surface area (Å²) in [4.78, 5) is 25.1. The van der Waals surface area contributed by atoms with Crippen LogP contribution in [0.4, 0.5) is 5.69 Å². The lowest BCUT2D eigenvalue weighted by molar-refractivity contribution is -0.170. The molecule has 4 fully saturated rings. The quantitative estimate of drug-likeness (QED) is 0.344. The van der Waals surface area contributed by atoms with Gasteiger partial charge in [0.15, 0.2) is 6.61 Å². The molecule has 1 N–H and O–H groups in total. The zero-order valence-electron chi connectivity index (χ0n) is 14.8. The predicted molar refractivity (Wildman–Crippen MR) is 112 cm³/mol. The molecule has 0 aromatic heterocycles. The highest BCUT2D eigenvalue weighted by Crippen LogP contribution is 2.64. The van der Waals surface area contributed by atoms with E-state index in [1.165, 1.54) is 19.3 Å². The van der Waals surface area contributed by atoms with Gasteiger partial charge in [0.1, 0.15) is 0 Å². The van der Waals surface area contributed by atoms with E-state index in [4.69, 9.17) is 4.74 Å². The van der Waals surface area contributed by atoms with E-state index in [1.807, 2.05) is 25.1 Å². The lowest BCUT2D eigenvalue weighted by Gasteiger charge is -2.58. The Morgan fingerprint density at radius 3 is 2.58 bits per heavy atom. The Bertz CT molecular complexity index is 751. The molecule has 4 aliphatic carbocycles. The highest BCUT2D eigenvalue weighted by molar-refractivity contribution is 14.1. The van der Waals surface area contributed by atoms with Gasteiger partial charge in [-0.05, 0) is 104 Å². The number of ether oxygens (including phenoxy) is 1. The molecule has 1 amide bonds. The van der Waals surface area contributed by atoms with Crippen LogP contribution in [0.25, 0.3) is 0 Å². The SMILES string of the molecule is Cc1cc(I)ccc1NC(=O)COC(=O)C12C[C@@H]3C[C@H](CC(Br)(C3)C1)C2.